The van der Waals surface area contributed by atoms with Crippen molar-refractivity contribution in [1.29, 1.82) is 0 Å². The Morgan fingerprint density at radius 3 is 2.35 bits per heavy atom. The Morgan fingerprint density at radius 2 is 1.65 bits per heavy atom. The summed E-state index contributed by atoms with van der Waals surface area (Å²) in [4.78, 5) is 0. The topological polar surface area (TPSA) is 35.0 Å². The highest BCUT2D eigenvalue weighted by molar-refractivity contribution is 6.30. The van der Waals surface area contributed by atoms with Gasteiger partial charge in [-0.25, -0.2) is 0 Å². The first kappa shape index (κ1) is 12.9. The SMILES string of the molecule is CCOc1nnc(-c2ccc(Cl)cc2)c2ccccc12. The lowest BCUT2D eigenvalue weighted by molar-refractivity contribution is 0.327. The average Bonchev–Trinajstić information content (AvgIpc) is 2.49. The Morgan fingerprint density at radius 1 is 0.950 bits per heavy atom. The van der Waals surface area contributed by atoms with Crippen molar-refractivity contribution in [3.8, 4) is 17.1 Å². The molecular weight excluding hydrogens is 272 g/mol. The third-order valence-corrected chi connectivity index (χ3v) is 3.30. The number of rotatable bonds is 3. The molecule has 2 aromatic carbocycles. The van der Waals surface area contributed by atoms with Gasteiger partial charge in [0.05, 0.1) is 6.61 Å². The molecular formula is C16H13ClN2O. The van der Waals surface area contributed by atoms with Gasteiger partial charge in [0.25, 0.3) is 0 Å². The number of fused-ring (bicyclic) bond motifs is 1. The second-order valence-electron chi connectivity index (χ2n) is 4.34. The van der Waals surface area contributed by atoms with Gasteiger partial charge in [0.2, 0.25) is 5.88 Å². The molecule has 0 saturated carbocycles. The molecule has 0 aliphatic heterocycles. The van der Waals surface area contributed by atoms with Gasteiger partial charge in [-0.15, -0.1) is 10.2 Å². The van der Waals surface area contributed by atoms with E-state index < -0.39 is 0 Å². The fraction of sp³-hybridized carbons (Fsp3) is 0.125. The van der Waals surface area contributed by atoms with Crippen molar-refractivity contribution in [2.75, 3.05) is 6.61 Å². The minimum absolute atomic E-state index is 0.568. The maximum absolute atomic E-state index is 5.93. The summed E-state index contributed by atoms with van der Waals surface area (Å²) in [5.74, 6) is 0.570. The zero-order valence-electron chi connectivity index (χ0n) is 11.0. The molecule has 0 aliphatic carbocycles. The van der Waals surface area contributed by atoms with Crippen LogP contribution in [0.15, 0.2) is 48.5 Å². The summed E-state index contributed by atoms with van der Waals surface area (Å²) in [6.07, 6.45) is 0. The predicted octanol–water partition coefficient (Wildman–Crippen LogP) is 4.35. The van der Waals surface area contributed by atoms with Gasteiger partial charge in [0.1, 0.15) is 5.69 Å². The predicted molar refractivity (Wildman–Crippen MR) is 81.2 cm³/mol. The van der Waals surface area contributed by atoms with Crippen molar-refractivity contribution in [3.05, 3.63) is 53.6 Å². The summed E-state index contributed by atoms with van der Waals surface area (Å²) in [6.45, 7) is 2.50. The molecule has 0 fully saturated rings. The van der Waals surface area contributed by atoms with Gasteiger partial charge >= 0.3 is 0 Å². The molecule has 4 heteroatoms. The van der Waals surface area contributed by atoms with E-state index in [9.17, 15) is 0 Å². The van der Waals surface area contributed by atoms with Crippen LogP contribution in [0.4, 0.5) is 0 Å². The molecule has 3 rings (SSSR count). The Bertz CT molecular complexity index is 741. The highest BCUT2D eigenvalue weighted by atomic mass is 35.5. The molecule has 3 nitrogen and oxygen atoms in total. The van der Waals surface area contributed by atoms with Gasteiger partial charge in [-0.2, -0.15) is 0 Å². The van der Waals surface area contributed by atoms with E-state index >= 15 is 0 Å². The van der Waals surface area contributed by atoms with Gasteiger partial charge in [0.15, 0.2) is 0 Å². The molecule has 0 atom stereocenters. The summed E-state index contributed by atoms with van der Waals surface area (Å²) in [6, 6.07) is 15.6. The molecule has 0 radical (unpaired) electrons. The summed E-state index contributed by atoms with van der Waals surface area (Å²) >= 11 is 5.93. The van der Waals surface area contributed by atoms with Crippen LogP contribution < -0.4 is 4.74 Å². The van der Waals surface area contributed by atoms with Crippen LogP contribution >= 0.6 is 11.6 Å². The maximum atomic E-state index is 5.93. The van der Waals surface area contributed by atoms with Gasteiger partial charge in [-0.3, -0.25) is 0 Å². The molecule has 1 aromatic heterocycles. The quantitative estimate of drug-likeness (QED) is 0.717. The summed E-state index contributed by atoms with van der Waals surface area (Å²) in [5, 5.41) is 11.2. The van der Waals surface area contributed by atoms with Crippen LogP contribution in [-0.4, -0.2) is 16.8 Å². The average molecular weight is 285 g/mol. The van der Waals surface area contributed by atoms with E-state index in [1.165, 1.54) is 0 Å². The van der Waals surface area contributed by atoms with Crippen LogP contribution in [0.1, 0.15) is 6.92 Å². The first-order valence-electron chi connectivity index (χ1n) is 6.43. The second kappa shape index (κ2) is 5.47. The van der Waals surface area contributed by atoms with Gasteiger partial charge in [-0.05, 0) is 25.1 Å². The first-order valence-corrected chi connectivity index (χ1v) is 6.81. The third-order valence-electron chi connectivity index (χ3n) is 3.05. The van der Waals surface area contributed by atoms with Crippen LogP contribution in [-0.2, 0) is 0 Å². The summed E-state index contributed by atoms with van der Waals surface area (Å²) in [5.41, 5.74) is 1.82. The van der Waals surface area contributed by atoms with Crippen LogP contribution in [0.5, 0.6) is 5.88 Å². The van der Waals surface area contributed by atoms with E-state index in [2.05, 4.69) is 10.2 Å². The Balaban J connectivity index is 2.22. The lowest BCUT2D eigenvalue weighted by Crippen LogP contribution is -1.99. The highest BCUT2D eigenvalue weighted by Crippen LogP contribution is 2.31. The van der Waals surface area contributed by atoms with Crippen LogP contribution in [0.2, 0.25) is 5.02 Å². The maximum Gasteiger partial charge on any atom is 0.241 e. The second-order valence-corrected chi connectivity index (χ2v) is 4.78. The van der Waals surface area contributed by atoms with Crippen LogP contribution in [0.25, 0.3) is 22.0 Å². The van der Waals surface area contributed by atoms with Crippen molar-refractivity contribution in [2.45, 2.75) is 6.92 Å². The van der Waals surface area contributed by atoms with Gasteiger partial charge in [0, 0.05) is 21.4 Å². The van der Waals surface area contributed by atoms with E-state index in [1.807, 2.05) is 55.5 Å². The largest absolute Gasteiger partial charge is 0.476 e. The zero-order valence-corrected chi connectivity index (χ0v) is 11.8. The van der Waals surface area contributed by atoms with E-state index in [1.54, 1.807) is 0 Å². The number of hydrogen-bond donors (Lipinski definition) is 0. The first-order chi connectivity index (χ1) is 9.79. The normalized spacial score (nSPS) is 10.7. The van der Waals surface area contributed by atoms with Crippen LogP contribution in [0, 0.1) is 0 Å². The number of hydrogen-bond acceptors (Lipinski definition) is 3. The van der Waals surface area contributed by atoms with E-state index in [0.717, 1.165) is 22.0 Å². The number of nitrogens with zero attached hydrogens (tertiary/aromatic N) is 2. The highest BCUT2D eigenvalue weighted by Gasteiger charge is 2.11. The number of halogens is 1. The molecule has 3 aromatic rings. The zero-order chi connectivity index (χ0) is 13.9. The Hall–Kier alpha value is -2.13. The summed E-state index contributed by atoms with van der Waals surface area (Å²) < 4.78 is 5.53. The standard InChI is InChI=1S/C16H13ClN2O/c1-2-20-16-14-6-4-3-5-13(14)15(18-19-16)11-7-9-12(17)10-8-11/h3-10H,2H2,1H3. The lowest BCUT2D eigenvalue weighted by atomic mass is 10.1. The van der Waals surface area contributed by atoms with E-state index in [0.29, 0.717) is 17.5 Å². The Kier molecular flexibility index (Phi) is 3.52. The minimum atomic E-state index is 0.568. The number of benzene rings is 2. The Labute approximate surface area is 122 Å². The summed E-state index contributed by atoms with van der Waals surface area (Å²) in [7, 11) is 0. The molecule has 0 saturated heterocycles. The van der Waals surface area contributed by atoms with E-state index in [4.69, 9.17) is 16.3 Å². The smallest absolute Gasteiger partial charge is 0.241 e. The van der Waals surface area contributed by atoms with Gasteiger partial charge in [-0.1, -0.05) is 41.9 Å². The fourth-order valence-corrected chi connectivity index (χ4v) is 2.27. The molecule has 1 heterocycles. The molecule has 0 amide bonds. The minimum Gasteiger partial charge on any atom is -0.476 e. The van der Waals surface area contributed by atoms with Crippen molar-refractivity contribution < 1.29 is 4.74 Å². The third kappa shape index (κ3) is 2.32. The van der Waals surface area contributed by atoms with Crippen molar-refractivity contribution in [3.63, 3.8) is 0 Å². The molecule has 0 bridgehead atoms. The van der Waals surface area contributed by atoms with Crippen LogP contribution in [0.3, 0.4) is 0 Å². The van der Waals surface area contributed by atoms with Crippen molar-refractivity contribution >= 4 is 22.4 Å². The number of ether oxygens (including phenoxy) is 1. The molecule has 0 unspecified atom stereocenters. The molecule has 0 N–H and O–H groups in total. The van der Waals surface area contributed by atoms with Crippen molar-refractivity contribution in [2.24, 2.45) is 0 Å². The monoisotopic (exact) mass is 284 g/mol. The number of aromatic nitrogens is 2. The van der Waals surface area contributed by atoms with Gasteiger partial charge < -0.3 is 4.74 Å². The van der Waals surface area contributed by atoms with Crippen molar-refractivity contribution in [1.82, 2.24) is 10.2 Å². The molecule has 0 aliphatic rings. The molecule has 20 heavy (non-hydrogen) atoms. The fourth-order valence-electron chi connectivity index (χ4n) is 2.14. The lowest BCUT2D eigenvalue weighted by Gasteiger charge is -2.09. The molecule has 0 spiro atoms. The molecule has 100 valence electrons. The van der Waals surface area contributed by atoms with E-state index in [-0.39, 0.29) is 0 Å².